The molecule has 0 saturated carbocycles. The fraction of sp³-hybridized carbons (Fsp3) is 0.400. The summed E-state index contributed by atoms with van der Waals surface area (Å²) in [6.45, 7) is 0.209. The molecule has 0 spiro atoms. The number of halogens is 1. The lowest BCUT2D eigenvalue weighted by atomic mass is 10.1. The molecule has 0 unspecified atom stereocenters. The molecule has 1 aromatic rings. The first kappa shape index (κ1) is 13.9. The van der Waals surface area contributed by atoms with E-state index in [0.29, 0.717) is 12.0 Å². The normalized spacial score (nSPS) is 11.5. The van der Waals surface area contributed by atoms with Crippen LogP contribution in [0.3, 0.4) is 0 Å². The van der Waals surface area contributed by atoms with E-state index in [1.807, 2.05) is 0 Å². The van der Waals surface area contributed by atoms with Crippen molar-refractivity contribution in [2.75, 3.05) is 20.0 Å². The van der Waals surface area contributed by atoms with Gasteiger partial charge in [-0.3, -0.25) is 0 Å². The zero-order valence-electron chi connectivity index (χ0n) is 9.57. The predicted octanol–water partition coefficient (Wildman–Crippen LogP) is 0.671. The van der Waals surface area contributed by atoms with E-state index < -0.39 is 20.5 Å². The van der Waals surface area contributed by atoms with Gasteiger partial charge in [0.15, 0.2) is 9.84 Å². The van der Waals surface area contributed by atoms with Crippen LogP contribution in [0.15, 0.2) is 17.0 Å². The van der Waals surface area contributed by atoms with E-state index in [4.69, 9.17) is 10.6 Å². The molecule has 7 heteroatoms. The van der Waals surface area contributed by atoms with E-state index in [1.165, 1.54) is 13.2 Å². The van der Waals surface area contributed by atoms with Crippen LogP contribution >= 0.6 is 0 Å². The second kappa shape index (κ2) is 5.44. The van der Waals surface area contributed by atoms with Gasteiger partial charge in [-0.05, 0) is 24.1 Å². The maximum atomic E-state index is 13.7. The summed E-state index contributed by atoms with van der Waals surface area (Å²) < 4.78 is 41.4. The third-order valence-electron chi connectivity index (χ3n) is 2.17. The van der Waals surface area contributed by atoms with Crippen molar-refractivity contribution in [3.63, 3.8) is 0 Å². The van der Waals surface area contributed by atoms with Gasteiger partial charge in [-0.15, -0.1) is 0 Å². The smallest absolute Gasteiger partial charge is 0.182 e. The van der Waals surface area contributed by atoms with Crippen LogP contribution in [0, 0.1) is 5.82 Å². The zero-order valence-corrected chi connectivity index (χ0v) is 10.4. The minimum atomic E-state index is -3.67. The third-order valence-corrected chi connectivity index (χ3v) is 3.31. The largest absolute Gasteiger partial charge is 0.495 e. The van der Waals surface area contributed by atoms with Crippen molar-refractivity contribution < 1.29 is 22.4 Å². The first-order chi connectivity index (χ1) is 7.90. The van der Waals surface area contributed by atoms with Gasteiger partial charge < -0.3 is 9.57 Å². The summed E-state index contributed by atoms with van der Waals surface area (Å²) in [4.78, 5) is 3.94. The van der Waals surface area contributed by atoms with Crippen LogP contribution in [0.25, 0.3) is 0 Å². The highest BCUT2D eigenvalue weighted by molar-refractivity contribution is 7.90. The average Bonchev–Trinajstić information content (AvgIpc) is 2.23. The molecule has 0 aliphatic heterocycles. The standard InChI is InChI=1S/C10H14FNO4S/c1-15-9-6-7(3-4-16-12)5-8(11)10(9)17(2,13)14/h5-6H,3-4,12H2,1-2H3. The zero-order chi connectivity index (χ0) is 13.1. The second-order valence-electron chi connectivity index (χ2n) is 3.50. The molecule has 96 valence electrons. The van der Waals surface area contributed by atoms with E-state index in [9.17, 15) is 12.8 Å². The summed E-state index contributed by atoms with van der Waals surface area (Å²) in [5.74, 6) is 4.01. The van der Waals surface area contributed by atoms with E-state index >= 15 is 0 Å². The number of methoxy groups -OCH3 is 1. The fourth-order valence-corrected chi connectivity index (χ4v) is 2.38. The number of hydrogen-bond acceptors (Lipinski definition) is 5. The molecule has 17 heavy (non-hydrogen) atoms. The molecule has 0 aliphatic rings. The first-order valence-corrected chi connectivity index (χ1v) is 6.67. The molecule has 0 aromatic heterocycles. The van der Waals surface area contributed by atoms with Crippen molar-refractivity contribution in [3.05, 3.63) is 23.5 Å². The minimum absolute atomic E-state index is 0.0143. The van der Waals surface area contributed by atoms with Crippen molar-refractivity contribution >= 4 is 9.84 Å². The average molecular weight is 263 g/mol. The van der Waals surface area contributed by atoms with Crippen molar-refractivity contribution in [1.82, 2.24) is 0 Å². The van der Waals surface area contributed by atoms with Crippen LogP contribution in [0.2, 0.25) is 0 Å². The maximum Gasteiger partial charge on any atom is 0.182 e. The molecule has 0 saturated heterocycles. The van der Waals surface area contributed by atoms with E-state index in [2.05, 4.69) is 4.84 Å². The molecule has 0 aliphatic carbocycles. The Hall–Kier alpha value is -1.18. The lowest BCUT2D eigenvalue weighted by molar-refractivity contribution is 0.141. The third kappa shape index (κ3) is 3.39. The molecule has 1 rings (SSSR count). The minimum Gasteiger partial charge on any atom is -0.495 e. The van der Waals surface area contributed by atoms with Gasteiger partial charge in [0.05, 0.1) is 13.7 Å². The topological polar surface area (TPSA) is 78.6 Å². The molecule has 0 atom stereocenters. The Morgan fingerprint density at radius 2 is 2.06 bits per heavy atom. The van der Waals surface area contributed by atoms with Crippen LogP contribution in [0.5, 0.6) is 5.75 Å². The highest BCUT2D eigenvalue weighted by atomic mass is 32.2. The SMILES string of the molecule is COc1cc(CCON)cc(F)c1S(C)(=O)=O. The number of nitrogens with two attached hydrogens (primary N) is 1. The van der Waals surface area contributed by atoms with Crippen LogP contribution < -0.4 is 10.6 Å². The van der Waals surface area contributed by atoms with Gasteiger partial charge >= 0.3 is 0 Å². The summed E-state index contributed by atoms with van der Waals surface area (Å²) in [5.41, 5.74) is 0.553. The van der Waals surface area contributed by atoms with Gasteiger partial charge in [0.1, 0.15) is 16.5 Å². The van der Waals surface area contributed by atoms with Crippen LogP contribution in [0.1, 0.15) is 5.56 Å². The van der Waals surface area contributed by atoms with Crippen molar-refractivity contribution in [2.24, 2.45) is 5.90 Å². The molecule has 0 heterocycles. The van der Waals surface area contributed by atoms with Crippen molar-refractivity contribution in [3.8, 4) is 5.75 Å². The van der Waals surface area contributed by atoms with Gasteiger partial charge in [-0.1, -0.05) is 0 Å². The summed E-state index contributed by atoms with van der Waals surface area (Å²) >= 11 is 0. The monoisotopic (exact) mass is 263 g/mol. The second-order valence-corrected chi connectivity index (χ2v) is 5.45. The summed E-state index contributed by atoms with van der Waals surface area (Å²) in [6, 6.07) is 2.59. The summed E-state index contributed by atoms with van der Waals surface area (Å²) in [6.07, 6.45) is 1.30. The lowest BCUT2D eigenvalue weighted by Crippen LogP contribution is -2.07. The molecular weight excluding hydrogens is 249 g/mol. The van der Waals surface area contributed by atoms with E-state index in [0.717, 1.165) is 12.3 Å². The number of benzene rings is 1. The summed E-state index contributed by atoms with van der Waals surface area (Å²) in [7, 11) is -2.39. The Balaban J connectivity index is 3.26. The van der Waals surface area contributed by atoms with Gasteiger partial charge in [0, 0.05) is 6.26 Å². The van der Waals surface area contributed by atoms with Crippen molar-refractivity contribution in [1.29, 1.82) is 0 Å². The van der Waals surface area contributed by atoms with Gasteiger partial charge in [-0.25, -0.2) is 18.7 Å². The molecule has 2 N–H and O–H groups in total. The fourth-order valence-electron chi connectivity index (χ4n) is 1.45. The molecular formula is C10H14FNO4S. The molecule has 0 amide bonds. The van der Waals surface area contributed by atoms with Crippen LogP contribution in [-0.4, -0.2) is 28.4 Å². The summed E-state index contributed by atoms with van der Waals surface area (Å²) in [5, 5.41) is 0. The van der Waals surface area contributed by atoms with Gasteiger partial charge in [0.2, 0.25) is 0 Å². The molecule has 1 aromatic carbocycles. The lowest BCUT2D eigenvalue weighted by Gasteiger charge is -2.10. The quantitative estimate of drug-likeness (QED) is 0.790. The highest BCUT2D eigenvalue weighted by Gasteiger charge is 2.20. The van der Waals surface area contributed by atoms with E-state index in [-0.39, 0.29) is 12.4 Å². The molecule has 0 fully saturated rings. The van der Waals surface area contributed by atoms with Crippen molar-refractivity contribution in [2.45, 2.75) is 11.3 Å². The number of sulfone groups is 1. The Bertz CT molecular complexity index is 501. The Morgan fingerprint density at radius 3 is 2.53 bits per heavy atom. The predicted molar refractivity (Wildman–Crippen MR) is 59.9 cm³/mol. The van der Waals surface area contributed by atoms with Crippen LogP contribution in [0.4, 0.5) is 4.39 Å². The van der Waals surface area contributed by atoms with Gasteiger partial charge in [0.25, 0.3) is 0 Å². The molecule has 0 radical (unpaired) electrons. The first-order valence-electron chi connectivity index (χ1n) is 4.78. The Labute approximate surface area is 99.2 Å². The van der Waals surface area contributed by atoms with Crippen LogP contribution in [-0.2, 0) is 21.1 Å². The van der Waals surface area contributed by atoms with Gasteiger partial charge in [-0.2, -0.15) is 0 Å². The Kier molecular flexibility index (Phi) is 4.44. The number of hydrogen-bond donors (Lipinski definition) is 1. The molecule has 5 nitrogen and oxygen atoms in total. The van der Waals surface area contributed by atoms with E-state index in [1.54, 1.807) is 0 Å². The highest BCUT2D eigenvalue weighted by Crippen LogP contribution is 2.28. The maximum absolute atomic E-state index is 13.7. The number of ether oxygens (including phenoxy) is 1. The Morgan fingerprint density at radius 1 is 1.41 bits per heavy atom. The molecule has 0 bridgehead atoms. The number of rotatable bonds is 5.